The highest BCUT2D eigenvalue weighted by molar-refractivity contribution is 6.30. The van der Waals surface area contributed by atoms with Crippen LogP contribution in [0.15, 0.2) is 6.33 Å². The fourth-order valence-electron chi connectivity index (χ4n) is 1.86. The number of hydrogen-bond acceptors (Lipinski definition) is 5. The largest absolute Gasteiger partial charge is 0.383 e. The number of hydrogen-bond donors (Lipinski definition) is 0. The van der Waals surface area contributed by atoms with Crippen LogP contribution in [0, 0.1) is 6.92 Å². The van der Waals surface area contributed by atoms with Gasteiger partial charge in [0.2, 0.25) is 0 Å². The lowest BCUT2D eigenvalue weighted by Crippen LogP contribution is -2.34. The summed E-state index contributed by atoms with van der Waals surface area (Å²) in [4.78, 5) is 10.3. The average Bonchev–Trinajstić information content (AvgIpc) is 2.77. The van der Waals surface area contributed by atoms with E-state index >= 15 is 0 Å². The van der Waals surface area contributed by atoms with Crippen molar-refractivity contribution >= 4 is 23.2 Å². The van der Waals surface area contributed by atoms with Gasteiger partial charge >= 0.3 is 0 Å². The molecule has 2 aromatic rings. The molecule has 0 N–H and O–H groups in total. The zero-order valence-corrected chi connectivity index (χ0v) is 11.6. The molecule has 1 atom stereocenters. The van der Waals surface area contributed by atoms with Gasteiger partial charge in [-0.1, -0.05) is 11.6 Å². The molecule has 0 aromatic carbocycles. The predicted molar refractivity (Wildman–Crippen MR) is 70.3 cm³/mol. The maximum absolute atomic E-state index is 6.13. The molecule has 1 unspecified atom stereocenters. The SMILES string of the molecule is COCC(C)N(C)c1c(C)c(Cl)nc2ncnn12. The van der Waals surface area contributed by atoms with Crippen molar-refractivity contribution in [2.75, 3.05) is 25.7 Å². The second kappa shape index (κ2) is 5.07. The lowest BCUT2D eigenvalue weighted by atomic mass is 10.2. The van der Waals surface area contributed by atoms with E-state index in [1.807, 2.05) is 14.0 Å². The van der Waals surface area contributed by atoms with Gasteiger partial charge in [0.25, 0.3) is 5.78 Å². The summed E-state index contributed by atoms with van der Waals surface area (Å²) in [5.41, 5.74) is 0.875. The Bertz CT molecular complexity index is 556. The summed E-state index contributed by atoms with van der Waals surface area (Å²) in [5, 5.41) is 4.63. The van der Waals surface area contributed by atoms with Crippen molar-refractivity contribution in [3.05, 3.63) is 17.0 Å². The van der Waals surface area contributed by atoms with Crippen LogP contribution in [0.1, 0.15) is 12.5 Å². The number of rotatable bonds is 4. The average molecular weight is 270 g/mol. The van der Waals surface area contributed by atoms with Gasteiger partial charge in [-0.3, -0.25) is 0 Å². The lowest BCUT2D eigenvalue weighted by Gasteiger charge is -2.27. The van der Waals surface area contributed by atoms with E-state index in [1.165, 1.54) is 6.33 Å². The highest BCUT2D eigenvalue weighted by Crippen LogP contribution is 2.25. The van der Waals surface area contributed by atoms with E-state index in [9.17, 15) is 0 Å². The van der Waals surface area contributed by atoms with Crippen molar-refractivity contribution < 1.29 is 4.74 Å². The Balaban J connectivity index is 2.54. The number of ether oxygens (including phenoxy) is 1. The van der Waals surface area contributed by atoms with E-state index in [4.69, 9.17) is 16.3 Å². The Labute approximate surface area is 111 Å². The van der Waals surface area contributed by atoms with Gasteiger partial charge in [0.05, 0.1) is 12.6 Å². The first-order valence-corrected chi connectivity index (χ1v) is 6.01. The molecule has 0 saturated heterocycles. The number of nitrogens with zero attached hydrogens (tertiary/aromatic N) is 5. The third kappa shape index (κ3) is 2.13. The second-order valence-electron chi connectivity index (χ2n) is 4.24. The van der Waals surface area contributed by atoms with Gasteiger partial charge in [-0.25, -0.2) is 0 Å². The second-order valence-corrected chi connectivity index (χ2v) is 4.60. The molecule has 7 heteroatoms. The monoisotopic (exact) mass is 269 g/mol. The van der Waals surface area contributed by atoms with Crippen molar-refractivity contribution in [1.29, 1.82) is 0 Å². The van der Waals surface area contributed by atoms with Gasteiger partial charge in [0.1, 0.15) is 17.3 Å². The van der Waals surface area contributed by atoms with Gasteiger partial charge in [-0.2, -0.15) is 19.6 Å². The molecule has 0 spiro atoms. The zero-order chi connectivity index (χ0) is 13.3. The minimum atomic E-state index is 0.194. The Morgan fingerprint density at radius 1 is 1.56 bits per heavy atom. The Hall–Kier alpha value is -1.40. The number of likely N-dealkylation sites (N-methyl/N-ethyl adjacent to an activating group) is 1. The molecule has 18 heavy (non-hydrogen) atoms. The summed E-state index contributed by atoms with van der Waals surface area (Å²) in [7, 11) is 3.66. The summed E-state index contributed by atoms with van der Waals surface area (Å²) in [5.74, 6) is 1.38. The molecule has 6 nitrogen and oxygen atoms in total. The quantitative estimate of drug-likeness (QED) is 0.789. The molecule has 0 bridgehead atoms. The fourth-order valence-corrected chi connectivity index (χ4v) is 2.02. The molecule has 2 rings (SSSR count). The highest BCUT2D eigenvalue weighted by atomic mass is 35.5. The number of methoxy groups -OCH3 is 1. The minimum Gasteiger partial charge on any atom is -0.383 e. The Morgan fingerprint density at radius 3 is 2.94 bits per heavy atom. The first-order valence-electron chi connectivity index (χ1n) is 5.63. The first kappa shape index (κ1) is 13.0. The van der Waals surface area contributed by atoms with Crippen LogP contribution in [0.4, 0.5) is 5.82 Å². The normalized spacial score (nSPS) is 12.9. The number of aromatic nitrogens is 4. The summed E-state index contributed by atoms with van der Waals surface area (Å²) >= 11 is 6.13. The van der Waals surface area contributed by atoms with E-state index in [1.54, 1.807) is 11.6 Å². The molecular formula is C11H16ClN5O. The van der Waals surface area contributed by atoms with Gasteiger partial charge in [-0.05, 0) is 13.8 Å². The van der Waals surface area contributed by atoms with Gasteiger partial charge in [0, 0.05) is 19.7 Å². The van der Waals surface area contributed by atoms with Crippen LogP contribution >= 0.6 is 11.6 Å². The Kier molecular flexibility index (Phi) is 3.68. The van der Waals surface area contributed by atoms with Gasteiger partial charge in [-0.15, -0.1) is 0 Å². The van der Waals surface area contributed by atoms with Gasteiger partial charge < -0.3 is 9.64 Å². The van der Waals surface area contributed by atoms with E-state index < -0.39 is 0 Å². The zero-order valence-electron chi connectivity index (χ0n) is 10.9. The minimum absolute atomic E-state index is 0.194. The van der Waals surface area contributed by atoms with E-state index in [2.05, 4.69) is 26.9 Å². The summed E-state index contributed by atoms with van der Waals surface area (Å²) in [6.45, 7) is 4.61. The van der Waals surface area contributed by atoms with Gasteiger partial charge in [0.15, 0.2) is 0 Å². The smallest absolute Gasteiger partial charge is 0.255 e. The maximum atomic E-state index is 6.13. The van der Waals surface area contributed by atoms with Crippen LogP contribution in [0.3, 0.4) is 0 Å². The molecule has 98 valence electrons. The molecule has 2 aromatic heterocycles. The van der Waals surface area contributed by atoms with E-state index in [0.717, 1.165) is 11.4 Å². The molecular weight excluding hydrogens is 254 g/mol. The van der Waals surface area contributed by atoms with Crippen LogP contribution < -0.4 is 4.90 Å². The van der Waals surface area contributed by atoms with E-state index in [-0.39, 0.29) is 6.04 Å². The van der Waals surface area contributed by atoms with Crippen LogP contribution in [-0.2, 0) is 4.74 Å². The van der Waals surface area contributed by atoms with Crippen molar-refractivity contribution in [3.63, 3.8) is 0 Å². The van der Waals surface area contributed by atoms with Crippen LogP contribution in [-0.4, -0.2) is 46.4 Å². The lowest BCUT2D eigenvalue weighted by molar-refractivity contribution is 0.183. The number of anilines is 1. The van der Waals surface area contributed by atoms with Crippen molar-refractivity contribution in [1.82, 2.24) is 19.6 Å². The topological polar surface area (TPSA) is 55.5 Å². The van der Waals surface area contributed by atoms with Crippen molar-refractivity contribution in [3.8, 4) is 0 Å². The maximum Gasteiger partial charge on any atom is 0.255 e. The summed E-state index contributed by atoms with van der Waals surface area (Å²) < 4.78 is 6.86. The fraction of sp³-hybridized carbons (Fsp3) is 0.545. The molecule has 0 aliphatic rings. The molecule has 0 aliphatic heterocycles. The predicted octanol–water partition coefficient (Wildman–Crippen LogP) is 1.56. The summed E-state index contributed by atoms with van der Waals surface area (Å²) in [6, 6.07) is 0.194. The highest BCUT2D eigenvalue weighted by Gasteiger charge is 2.19. The first-order chi connectivity index (χ1) is 8.56. The number of halogens is 1. The third-order valence-corrected chi connectivity index (χ3v) is 3.34. The molecule has 0 radical (unpaired) electrons. The third-order valence-electron chi connectivity index (χ3n) is 2.98. The standard InChI is InChI=1S/C11H16ClN5O/c1-7(5-18-4)16(3)10-8(2)9(12)15-11-13-6-14-17(10)11/h6-7H,5H2,1-4H3. The summed E-state index contributed by atoms with van der Waals surface area (Å²) in [6.07, 6.45) is 1.47. The van der Waals surface area contributed by atoms with Crippen LogP contribution in [0.25, 0.3) is 5.78 Å². The molecule has 0 saturated carbocycles. The van der Waals surface area contributed by atoms with Crippen molar-refractivity contribution in [2.24, 2.45) is 0 Å². The number of fused-ring (bicyclic) bond motifs is 1. The van der Waals surface area contributed by atoms with Crippen molar-refractivity contribution in [2.45, 2.75) is 19.9 Å². The van der Waals surface area contributed by atoms with Crippen LogP contribution in [0.5, 0.6) is 0 Å². The molecule has 0 aliphatic carbocycles. The molecule has 0 fully saturated rings. The van der Waals surface area contributed by atoms with Crippen LogP contribution in [0.2, 0.25) is 5.15 Å². The molecule has 0 amide bonds. The van der Waals surface area contributed by atoms with E-state index in [0.29, 0.717) is 17.5 Å². The Morgan fingerprint density at radius 2 is 2.28 bits per heavy atom. The molecule has 2 heterocycles.